The van der Waals surface area contributed by atoms with Gasteiger partial charge in [0.2, 0.25) is 5.91 Å². The topological polar surface area (TPSA) is 92.4 Å². The van der Waals surface area contributed by atoms with Gasteiger partial charge in [-0.05, 0) is 5.56 Å². The lowest BCUT2D eigenvalue weighted by molar-refractivity contribution is -0.137. The van der Waals surface area contributed by atoms with Crippen LogP contribution in [-0.2, 0) is 16.0 Å². The van der Waals surface area contributed by atoms with Crippen LogP contribution in [0.4, 0.5) is 0 Å². The maximum Gasteiger partial charge on any atom is 0.321 e. The average molecular weight is 268 g/mol. The van der Waals surface area contributed by atoms with Gasteiger partial charge in [0.25, 0.3) is 0 Å². The Morgan fingerprint density at radius 3 is 2.61 bits per heavy atom. The third kappa shape index (κ3) is 5.70. The van der Waals surface area contributed by atoms with E-state index in [0.717, 1.165) is 5.56 Å². The average Bonchev–Trinajstić information content (AvgIpc) is 2.35. The fraction of sp³-hybridized carbons (Fsp3) is 0.333. The van der Waals surface area contributed by atoms with Gasteiger partial charge in [0.05, 0.1) is 12.3 Å². The Labute approximate surface area is 110 Å². The first kappa shape index (κ1) is 14.5. The number of thioether (sulfide) groups is 1. The van der Waals surface area contributed by atoms with Gasteiger partial charge in [-0.25, -0.2) is 0 Å². The SMILES string of the molecule is N[C@@H](CSCNC(=O)Cc1ccccc1)C(=O)O. The standard InChI is InChI=1S/C12H16N2O3S/c13-10(12(16)17)7-18-8-14-11(15)6-9-4-2-1-3-5-9/h1-5,10H,6-8,13H2,(H,14,15)(H,16,17)/t10-/m0/s1. The van der Waals surface area contributed by atoms with Crippen LogP contribution in [0.5, 0.6) is 0 Å². The normalized spacial score (nSPS) is 11.8. The molecule has 1 aromatic carbocycles. The van der Waals surface area contributed by atoms with Crippen LogP contribution in [0.25, 0.3) is 0 Å². The summed E-state index contributed by atoms with van der Waals surface area (Å²) >= 11 is 1.29. The Morgan fingerprint density at radius 2 is 2.00 bits per heavy atom. The van der Waals surface area contributed by atoms with Crippen molar-refractivity contribution >= 4 is 23.6 Å². The lowest BCUT2D eigenvalue weighted by atomic mass is 10.1. The van der Waals surface area contributed by atoms with Gasteiger partial charge in [-0.1, -0.05) is 30.3 Å². The van der Waals surface area contributed by atoms with Crippen LogP contribution in [-0.4, -0.2) is 34.7 Å². The van der Waals surface area contributed by atoms with E-state index in [2.05, 4.69) is 5.32 Å². The molecule has 6 heteroatoms. The minimum atomic E-state index is -1.03. The van der Waals surface area contributed by atoms with Gasteiger partial charge in [0, 0.05) is 5.75 Å². The second-order valence-corrected chi connectivity index (χ2v) is 4.75. The van der Waals surface area contributed by atoms with Crippen molar-refractivity contribution in [3.63, 3.8) is 0 Å². The lowest BCUT2D eigenvalue weighted by Gasteiger charge is -2.07. The minimum absolute atomic E-state index is 0.0856. The van der Waals surface area contributed by atoms with E-state index in [1.807, 2.05) is 30.3 Å². The van der Waals surface area contributed by atoms with Gasteiger partial charge >= 0.3 is 5.97 Å². The first-order chi connectivity index (χ1) is 8.59. The number of rotatable bonds is 7. The molecule has 5 nitrogen and oxygen atoms in total. The first-order valence-corrected chi connectivity index (χ1v) is 6.62. The zero-order valence-corrected chi connectivity index (χ0v) is 10.7. The smallest absolute Gasteiger partial charge is 0.321 e. The van der Waals surface area contributed by atoms with E-state index < -0.39 is 12.0 Å². The molecule has 0 saturated heterocycles. The molecule has 0 aliphatic carbocycles. The predicted octanol–water partition coefficient (Wildman–Crippen LogP) is 0.448. The lowest BCUT2D eigenvalue weighted by Crippen LogP contribution is -2.33. The van der Waals surface area contributed by atoms with Gasteiger partial charge in [0.1, 0.15) is 6.04 Å². The van der Waals surface area contributed by atoms with Crippen molar-refractivity contribution in [1.82, 2.24) is 5.32 Å². The van der Waals surface area contributed by atoms with Gasteiger partial charge in [-0.3, -0.25) is 9.59 Å². The van der Waals surface area contributed by atoms with Gasteiger partial charge in [-0.15, -0.1) is 11.8 Å². The number of nitrogens with two attached hydrogens (primary N) is 1. The number of benzene rings is 1. The largest absolute Gasteiger partial charge is 0.480 e. The maximum atomic E-state index is 11.5. The highest BCUT2D eigenvalue weighted by Crippen LogP contribution is 2.02. The van der Waals surface area contributed by atoms with Crippen molar-refractivity contribution in [2.75, 3.05) is 11.6 Å². The summed E-state index contributed by atoms with van der Waals surface area (Å²) in [5.74, 6) is -0.469. The summed E-state index contributed by atoms with van der Waals surface area (Å²) < 4.78 is 0. The molecule has 0 bridgehead atoms. The number of hydrogen-bond acceptors (Lipinski definition) is 4. The third-order valence-electron chi connectivity index (χ3n) is 2.19. The second-order valence-electron chi connectivity index (χ2n) is 3.72. The molecule has 0 aliphatic rings. The molecular weight excluding hydrogens is 252 g/mol. The van der Waals surface area contributed by atoms with Crippen LogP contribution >= 0.6 is 11.8 Å². The van der Waals surface area contributed by atoms with Gasteiger partial charge < -0.3 is 16.2 Å². The van der Waals surface area contributed by atoms with Gasteiger partial charge in [-0.2, -0.15) is 0 Å². The molecule has 0 radical (unpaired) electrons. The molecule has 0 aliphatic heterocycles. The fourth-order valence-corrected chi connectivity index (χ4v) is 2.01. The van der Waals surface area contributed by atoms with E-state index in [0.29, 0.717) is 12.3 Å². The Morgan fingerprint density at radius 1 is 1.33 bits per heavy atom. The molecule has 0 spiro atoms. The van der Waals surface area contributed by atoms with Crippen molar-refractivity contribution in [2.24, 2.45) is 5.73 Å². The highest BCUT2D eigenvalue weighted by atomic mass is 32.2. The number of carbonyl (C=O) groups excluding carboxylic acids is 1. The number of aliphatic carboxylic acids is 1. The molecule has 4 N–H and O–H groups in total. The number of nitrogens with one attached hydrogen (secondary N) is 1. The number of carboxylic acids is 1. The molecule has 0 fully saturated rings. The fourth-order valence-electron chi connectivity index (χ4n) is 1.23. The Hall–Kier alpha value is -1.53. The summed E-state index contributed by atoms with van der Waals surface area (Å²) in [4.78, 5) is 22.0. The van der Waals surface area contributed by atoms with Crippen LogP contribution < -0.4 is 11.1 Å². The highest BCUT2D eigenvalue weighted by Gasteiger charge is 2.10. The molecule has 98 valence electrons. The maximum absolute atomic E-state index is 11.5. The molecule has 1 aromatic rings. The number of amides is 1. The Kier molecular flexibility index (Phi) is 6.24. The number of hydrogen-bond donors (Lipinski definition) is 3. The van der Waals surface area contributed by atoms with E-state index in [-0.39, 0.29) is 11.7 Å². The highest BCUT2D eigenvalue weighted by molar-refractivity contribution is 7.99. The molecule has 1 amide bonds. The molecule has 0 unspecified atom stereocenters. The van der Waals surface area contributed by atoms with Crippen molar-refractivity contribution in [3.8, 4) is 0 Å². The van der Waals surface area contributed by atoms with Crippen LogP contribution in [0.3, 0.4) is 0 Å². The van der Waals surface area contributed by atoms with Crippen LogP contribution in [0.2, 0.25) is 0 Å². The van der Waals surface area contributed by atoms with Crippen molar-refractivity contribution in [1.29, 1.82) is 0 Å². The summed E-state index contributed by atoms with van der Waals surface area (Å²) in [7, 11) is 0. The minimum Gasteiger partial charge on any atom is -0.480 e. The molecule has 0 heterocycles. The first-order valence-electron chi connectivity index (χ1n) is 5.46. The zero-order chi connectivity index (χ0) is 13.4. The summed E-state index contributed by atoms with van der Waals surface area (Å²) in [5.41, 5.74) is 6.27. The monoisotopic (exact) mass is 268 g/mol. The van der Waals surface area contributed by atoms with Crippen molar-refractivity contribution in [2.45, 2.75) is 12.5 Å². The van der Waals surface area contributed by atoms with Gasteiger partial charge in [0.15, 0.2) is 0 Å². The summed E-state index contributed by atoms with van der Waals surface area (Å²) in [6.07, 6.45) is 0.326. The van der Waals surface area contributed by atoms with E-state index in [1.165, 1.54) is 11.8 Å². The summed E-state index contributed by atoms with van der Waals surface area (Å²) in [5, 5.41) is 11.3. The molecular formula is C12H16N2O3S. The number of carboxylic acid groups (broad SMARTS) is 1. The molecule has 18 heavy (non-hydrogen) atoms. The molecule has 0 aromatic heterocycles. The quantitative estimate of drug-likeness (QED) is 0.493. The predicted molar refractivity (Wildman–Crippen MR) is 71.2 cm³/mol. The van der Waals surface area contributed by atoms with Crippen molar-refractivity contribution < 1.29 is 14.7 Å². The van der Waals surface area contributed by atoms with E-state index in [4.69, 9.17) is 10.8 Å². The second kappa shape index (κ2) is 7.73. The third-order valence-corrected chi connectivity index (χ3v) is 3.14. The van der Waals surface area contributed by atoms with Crippen LogP contribution in [0, 0.1) is 0 Å². The Balaban J connectivity index is 2.16. The van der Waals surface area contributed by atoms with Crippen molar-refractivity contribution in [3.05, 3.63) is 35.9 Å². The molecule has 1 atom stereocenters. The zero-order valence-electron chi connectivity index (χ0n) is 9.83. The van der Waals surface area contributed by atoms with Crippen LogP contribution in [0.15, 0.2) is 30.3 Å². The van der Waals surface area contributed by atoms with E-state index >= 15 is 0 Å². The molecule has 1 rings (SSSR count). The molecule has 0 saturated carbocycles. The van der Waals surface area contributed by atoms with Crippen LogP contribution in [0.1, 0.15) is 5.56 Å². The van der Waals surface area contributed by atoms with E-state index in [1.54, 1.807) is 0 Å². The summed E-state index contributed by atoms with van der Waals surface area (Å²) in [6, 6.07) is 8.53. The summed E-state index contributed by atoms with van der Waals surface area (Å²) in [6.45, 7) is 0. The number of carbonyl (C=O) groups is 2. The van der Waals surface area contributed by atoms with E-state index in [9.17, 15) is 9.59 Å². The Bertz CT molecular complexity index is 398.